The van der Waals surface area contributed by atoms with Crippen LogP contribution in [0.4, 0.5) is 5.69 Å². The molecule has 30 heavy (non-hydrogen) atoms. The Morgan fingerprint density at radius 2 is 1.83 bits per heavy atom. The highest BCUT2D eigenvalue weighted by Crippen LogP contribution is 2.16. The van der Waals surface area contributed by atoms with Gasteiger partial charge in [-0.25, -0.2) is 9.78 Å². The van der Waals surface area contributed by atoms with Crippen LogP contribution in [0, 0.1) is 6.92 Å². The van der Waals surface area contributed by atoms with Crippen molar-refractivity contribution in [3.8, 4) is 0 Å². The quantitative estimate of drug-likeness (QED) is 0.632. The average molecular weight is 407 g/mol. The summed E-state index contributed by atoms with van der Waals surface area (Å²) in [6.45, 7) is 7.59. The van der Waals surface area contributed by atoms with Crippen LogP contribution in [0.1, 0.15) is 42.4 Å². The van der Waals surface area contributed by atoms with Crippen LogP contribution >= 0.6 is 0 Å². The molecule has 0 bridgehead atoms. The number of rotatable bonds is 6. The van der Waals surface area contributed by atoms with Gasteiger partial charge in [0, 0.05) is 12.2 Å². The Labute approximate surface area is 174 Å². The zero-order valence-electron chi connectivity index (χ0n) is 17.6. The number of carbonyl (C=O) groups is 2. The van der Waals surface area contributed by atoms with E-state index in [-0.39, 0.29) is 11.1 Å². The monoisotopic (exact) mass is 407 g/mol. The van der Waals surface area contributed by atoms with Gasteiger partial charge >= 0.3 is 5.97 Å². The summed E-state index contributed by atoms with van der Waals surface area (Å²) in [5, 5.41) is 2.74. The first-order valence-electron chi connectivity index (χ1n) is 9.96. The Morgan fingerprint density at radius 1 is 1.13 bits per heavy atom. The van der Waals surface area contributed by atoms with Crippen LogP contribution < -0.4 is 10.9 Å². The van der Waals surface area contributed by atoms with E-state index in [1.54, 1.807) is 29.7 Å². The third-order valence-corrected chi connectivity index (χ3v) is 4.94. The molecule has 1 aromatic heterocycles. The Kier molecular flexibility index (Phi) is 6.30. The first-order valence-corrected chi connectivity index (χ1v) is 9.96. The summed E-state index contributed by atoms with van der Waals surface area (Å²) in [6.07, 6.45) is -0.0603. The standard InChI is InChI=1S/C23H25N3O4/c1-5-16-7-10-18(11-8-16)25-21(27)15(4)30-23(29)17-9-12-20-19(13-17)24-14(3)22(28)26(20)6-2/h7-13,15H,5-6H2,1-4H3,(H,25,27)/t15-/m1/s1. The highest BCUT2D eigenvalue weighted by Gasteiger charge is 2.20. The molecule has 3 rings (SSSR count). The fraction of sp³-hybridized carbons (Fsp3) is 0.304. The van der Waals surface area contributed by atoms with E-state index in [4.69, 9.17) is 4.74 Å². The zero-order valence-corrected chi connectivity index (χ0v) is 17.6. The topological polar surface area (TPSA) is 90.3 Å². The molecule has 7 nitrogen and oxygen atoms in total. The van der Waals surface area contributed by atoms with Gasteiger partial charge in [-0.05, 0) is 63.1 Å². The third kappa shape index (κ3) is 4.40. The number of aryl methyl sites for hydroxylation is 3. The molecule has 3 aromatic rings. The van der Waals surface area contributed by atoms with E-state index in [9.17, 15) is 14.4 Å². The summed E-state index contributed by atoms with van der Waals surface area (Å²) in [5.74, 6) is -1.04. The first-order chi connectivity index (χ1) is 14.3. The lowest BCUT2D eigenvalue weighted by Gasteiger charge is -2.14. The van der Waals surface area contributed by atoms with Crippen LogP contribution in [0.15, 0.2) is 47.3 Å². The van der Waals surface area contributed by atoms with Crippen LogP contribution in [-0.4, -0.2) is 27.5 Å². The van der Waals surface area contributed by atoms with Crippen molar-refractivity contribution in [2.75, 3.05) is 5.32 Å². The zero-order chi connectivity index (χ0) is 21.8. The Hall–Kier alpha value is -3.48. The lowest BCUT2D eigenvalue weighted by Crippen LogP contribution is -2.30. The highest BCUT2D eigenvalue weighted by molar-refractivity contribution is 5.98. The first kappa shape index (κ1) is 21.2. The minimum atomic E-state index is -0.974. The summed E-state index contributed by atoms with van der Waals surface area (Å²) >= 11 is 0. The largest absolute Gasteiger partial charge is 0.449 e. The van der Waals surface area contributed by atoms with Gasteiger partial charge in [-0.1, -0.05) is 19.1 Å². The van der Waals surface area contributed by atoms with E-state index < -0.39 is 18.0 Å². The Bertz CT molecular complexity index is 1150. The van der Waals surface area contributed by atoms with Gasteiger partial charge in [0.1, 0.15) is 5.69 Å². The summed E-state index contributed by atoms with van der Waals surface area (Å²) in [6, 6.07) is 12.3. The lowest BCUT2D eigenvalue weighted by molar-refractivity contribution is -0.123. The van der Waals surface area contributed by atoms with Crippen molar-refractivity contribution in [3.05, 3.63) is 69.6 Å². The molecule has 1 heterocycles. The highest BCUT2D eigenvalue weighted by atomic mass is 16.5. The SMILES string of the molecule is CCc1ccc(NC(=O)[C@@H](C)OC(=O)c2ccc3c(c2)nc(C)c(=O)n3CC)cc1. The van der Waals surface area contributed by atoms with Crippen LogP contribution in [0.2, 0.25) is 0 Å². The Morgan fingerprint density at radius 3 is 2.47 bits per heavy atom. The summed E-state index contributed by atoms with van der Waals surface area (Å²) in [4.78, 5) is 41.4. The number of esters is 1. The van der Waals surface area contributed by atoms with Crippen molar-refractivity contribution in [2.24, 2.45) is 0 Å². The van der Waals surface area contributed by atoms with Crippen molar-refractivity contribution in [1.82, 2.24) is 9.55 Å². The number of anilines is 1. The number of carbonyl (C=O) groups excluding carboxylic acids is 2. The second-order valence-corrected chi connectivity index (χ2v) is 7.04. The van der Waals surface area contributed by atoms with Crippen LogP contribution in [0.3, 0.4) is 0 Å². The third-order valence-electron chi connectivity index (χ3n) is 4.94. The number of amides is 1. The normalized spacial score (nSPS) is 11.9. The van der Waals surface area contributed by atoms with Gasteiger partial charge in [-0.15, -0.1) is 0 Å². The summed E-state index contributed by atoms with van der Waals surface area (Å²) < 4.78 is 6.93. The molecule has 1 N–H and O–H groups in total. The minimum absolute atomic E-state index is 0.155. The van der Waals surface area contributed by atoms with Gasteiger partial charge in [0.25, 0.3) is 11.5 Å². The second-order valence-electron chi connectivity index (χ2n) is 7.04. The van der Waals surface area contributed by atoms with Gasteiger partial charge in [-0.3, -0.25) is 9.59 Å². The van der Waals surface area contributed by atoms with Crippen molar-refractivity contribution in [1.29, 1.82) is 0 Å². The molecule has 1 amide bonds. The fourth-order valence-electron chi connectivity index (χ4n) is 3.17. The number of fused-ring (bicyclic) bond motifs is 1. The molecule has 0 radical (unpaired) electrons. The molecular formula is C23H25N3O4. The van der Waals surface area contributed by atoms with E-state index in [0.717, 1.165) is 6.42 Å². The molecule has 0 aliphatic carbocycles. The fourth-order valence-corrected chi connectivity index (χ4v) is 3.17. The maximum atomic E-state index is 12.5. The van der Waals surface area contributed by atoms with E-state index in [1.807, 2.05) is 31.2 Å². The van der Waals surface area contributed by atoms with Gasteiger partial charge < -0.3 is 14.6 Å². The van der Waals surface area contributed by atoms with Crippen molar-refractivity contribution in [3.63, 3.8) is 0 Å². The number of benzene rings is 2. The summed E-state index contributed by atoms with van der Waals surface area (Å²) in [7, 11) is 0. The molecule has 0 fully saturated rings. The average Bonchev–Trinajstić information content (AvgIpc) is 2.74. The molecular weight excluding hydrogens is 382 g/mol. The van der Waals surface area contributed by atoms with Crippen LogP contribution in [-0.2, 0) is 22.5 Å². The maximum Gasteiger partial charge on any atom is 0.338 e. The molecule has 1 atom stereocenters. The number of nitrogens with one attached hydrogen (secondary N) is 1. The number of ether oxygens (including phenoxy) is 1. The number of nitrogens with zero attached hydrogens (tertiary/aromatic N) is 2. The summed E-state index contributed by atoms with van der Waals surface area (Å²) in [5.41, 5.74) is 3.45. The smallest absolute Gasteiger partial charge is 0.338 e. The van der Waals surface area contributed by atoms with Crippen molar-refractivity contribution >= 4 is 28.6 Å². The minimum Gasteiger partial charge on any atom is -0.449 e. The molecule has 0 saturated heterocycles. The lowest BCUT2D eigenvalue weighted by atomic mass is 10.1. The molecule has 0 saturated carbocycles. The van der Waals surface area contributed by atoms with Crippen LogP contribution in [0.25, 0.3) is 11.0 Å². The van der Waals surface area contributed by atoms with Gasteiger partial charge in [0.15, 0.2) is 6.10 Å². The van der Waals surface area contributed by atoms with Crippen molar-refractivity contribution < 1.29 is 14.3 Å². The number of hydrogen-bond donors (Lipinski definition) is 1. The molecule has 0 aliphatic heterocycles. The maximum absolute atomic E-state index is 12.5. The van der Waals surface area contributed by atoms with Crippen molar-refractivity contribution in [2.45, 2.75) is 46.8 Å². The second kappa shape index (κ2) is 8.90. The van der Waals surface area contributed by atoms with Crippen LogP contribution in [0.5, 0.6) is 0 Å². The van der Waals surface area contributed by atoms with E-state index in [2.05, 4.69) is 17.2 Å². The van der Waals surface area contributed by atoms with E-state index in [0.29, 0.717) is 29.0 Å². The molecule has 2 aromatic carbocycles. The molecule has 7 heteroatoms. The van der Waals surface area contributed by atoms with Gasteiger partial charge in [-0.2, -0.15) is 0 Å². The Balaban J connectivity index is 1.74. The van der Waals surface area contributed by atoms with E-state index in [1.165, 1.54) is 12.5 Å². The molecule has 0 aliphatic rings. The van der Waals surface area contributed by atoms with Gasteiger partial charge in [0.2, 0.25) is 0 Å². The predicted molar refractivity (Wildman–Crippen MR) is 116 cm³/mol. The molecule has 0 unspecified atom stereocenters. The van der Waals surface area contributed by atoms with E-state index >= 15 is 0 Å². The van der Waals surface area contributed by atoms with Gasteiger partial charge in [0.05, 0.1) is 16.6 Å². The number of aromatic nitrogens is 2. The molecule has 0 spiro atoms. The molecule has 156 valence electrons. The predicted octanol–water partition coefficient (Wildman–Crippen LogP) is 3.47. The number of hydrogen-bond acceptors (Lipinski definition) is 5.